The normalized spacial score (nSPS) is 18.2. The molecule has 0 spiro atoms. The number of aryl methyl sites for hydroxylation is 1. The molecule has 0 bridgehead atoms. The van der Waals surface area contributed by atoms with E-state index in [0.717, 1.165) is 30.3 Å². The largest absolute Gasteiger partial charge is 0.493 e. The van der Waals surface area contributed by atoms with Gasteiger partial charge in [-0.1, -0.05) is 26.6 Å². The van der Waals surface area contributed by atoms with E-state index in [4.69, 9.17) is 23.6 Å². The van der Waals surface area contributed by atoms with Crippen molar-refractivity contribution >= 4 is 25.3 Å². The van der Waals surface area contributed by atoms with Gasteiger partial charge in [0.25, 0.3) is 6.01 Å². The van der Waals surface area contributed by atoms with Crippen LogP contribution in [0.1, 0.15) is 24.5 Å². The number of ether oxygens (including phenoxy) is 3. The molecule has 11 heteroatoms. The van der Waals surface area contributed by atoms with E-state index in [1.165, 1.54) is 0 Å². The summed E-state index contributed by atoms with van der Waals surface area (Å²) in [7, 11) is 0.355. The van der Waals surface area contributed by atoms with E-state index in [9.17, 15) is 10.4 Å². The van der Waals surface area contributed by atoms with Crippen LogP contribution in [-0.4, -0.2) is 80.3 Å². The minimum absolute atomic E-state index is 0.00560. The first-order valence-corrected chi connectivity index (χ1v) is 17.1. The molecule has 4 rings (SSSR count). The van der Waals surface area contributed by atoms with Gasteiger partial charge in [0.2, 0.25) is 11.2 Å². The van der Waals surface area contributed by atoms with Gasteiger partial charge >= 0.3 is 0 Å². The fourth-order valence-electron chi connectivity index (χ4n) is 4.73. The predicted molar refractivity (Wildman–Crippen MR) is 153 cm³/mol. The molecule has 3 aromatic rings. The van der Waals surface area contributed by atoms with Crippen molar-refractivity contribution in [1.29, 1.82) is 5.26 Å². The maximum Gasteiger partial charge on any atom is 0.297 e. The first kappa shape index (κ1) is 28.8. The number of nitrogens with zero attached hydrogens (tertiary/aromatic N) is 4. The molecule has 1 aromatic carbocycles. The second-order valence-corrected chi connectivity index (χ2v) is 16.8. The van der Waals surface area contributed by atoms with Crippen molar-refractivity contribution in [2.45, 2.75) is 58.1 Å². The van der Waals surface area contributed by atoms with E-state index < -0.39 is 14.2 Å². The zero-order valence-corrected chi connectivity index (χ0v) is 24.7. The van der Waals surface area contributed by atoms with Gasteiger partial charge in [0.15, 0.2) is 12.5 Å². The third-order valence-electron chi connectivity index (χ3n) is 6.80. The van der Waals surface area contributed by atoms with Crippen LogP contribution in [0.3, 0.4) is 0 Å². The third kappa shape index (κ3) is 7.27. The predicted octanol–water partition coefficient (Wildman–Crippen LogP) is 4.64. The van der Waals surface area contributed by atoms with Gasteiger partial charge in [-0.25, -0.2) is 4.98 Å². The van der Waals surface area contributed by atoms with E-state index in [-0.39, 0.29) is 12.8 Å². The number of oxazole rings is 1. The first-order chi connectivity index (χ1) is 18.6. The molecule has 1 aliphatic heterocycles. The molecule has 0 aliphatic carbocycles. The van der Waals surface area contributed by atoms with Crippen molar-refractivity contribution in [3.63, 3.8) is 0 Å². The number of β-amino-alcohol motifs (C(OH)–C–C–N with tert-alkyl or cyclic N) is 1. The monoisotopic (exact) mass is 553 g/mol. The maximum absolute atomic E-state index is 10.3. The lowest BCUT2D eigenvalue weighted by Crippen LogP contribution is -2.48. The van der Waals surface area contributed by atoms with Crippen LogP contribution in [0.15, 0.2) is 22.6 Å². The molecule has 10 nitrogen and oxygen atoms in total. The molecule has 1 aliphatic rings. The Kier molecular flexibility index (Phi) is 9.12. The molecular formula is C28H39N5O5Si. The van der Waals surface area contributed by atoms with Crippen LogP contribution in [0.25, 0.3) is 22.5 Å². The Morgan fingerprint density at radius 1 is 1.21 bits per heavy atom. The van der Waals surface area contributed by atoms with E-state index in [1.807, 2.05) is 6.92 Å². The van der Waals surface area contributed by atoms with Crippen LogP contribution in [-0.2, 0) is 4.74 Å². The van der Waals surface area contributed by atoms with Crippen molar-refractivity contribution < 1.29 is 23.7 Å². The molecule has 2 N–H and O–H groups in total. The topological polar surface area (TPSA) is 126 Å². The average molecular weight is 554 g/mol. The molecular weight excluding hydrogens is 514 g/mol. The number of pyridine rings is 1. The smallest absolute Gasteiger partial charge is 0.297 e. The summed E-state index contributed by atoms with van der Waals surface area (Å²) in [5.74, 6) is 0.988. The minimum Gasteiger partial charge on any atom is -0.493 e. The molecule has 2 aromatic heterocycles. The van der Waals surface area contributed by atoms with Gasteiger partial charge in [-0.05, 0) is 43.6 Å². The van der Waals surface area contributed by atoms with Gasteiger partial charge in [-0.3, -0.25) is 4.90 Å². The van der Waals surface area contributed by atoms with Crippen LogP contribution in [0, 0.1) is 18.3 Å². The van der Waals surface area contributed by atoms with E-state index in [2.05, 4.69) is 47.8 Å². The van der Waals surface area contributed by atoms with Crippen LogP contribution in [0.2, 0.25) is 25.7 Å². The number of piperidine rings is 1. The number of fused-ring (bicyclic) bond motifs is 1. The number of aliphatic hydroxyl groups excluding tert-OH is 1. The molecule has 1 fully saturated rings. The zero-order valence-electron chi connectivity index (χ0n) is 23.7. The summed E-state index contributed by atoms with van der Waals surface area (Å²) in [6, 6.07) is 8.84. The first-order valence-electron chi connectivity index (χ1n) is 13.4. The van der Waals surface area contributed by atoms with Crippen LogP contribution in [0.5, 0.6) is 11.5 Å². The standard InChI is InChI=1S/C28H39N5O5Si/c1-7-33-15-20(12-21(34)16-33)30-28-32-27-26(38-28)24(35-3)13-22(31-27)25-18(2)10-19(14-29)11-23(25)37-17-36-8-9-39(4,5)6/h10-11,13,20-21,34H,7-9,12,15-17H2,1-6H3,(H,30,31,32)/t20-,21+/m1/s1. The Morgan fingerprint density at radius 3 is 2.69 bits per heavy atom. The number of nitrogens with one attached hydrogen (secondary N) is 1. The average Bonchev–Trinajstić information content (AvgIpc) is 3.28. The summed E-state index contributed by atoms with van der Waals surface area (Å²) in [5.41, 5.74) is 3.45. The Bertz CT molecular complexity index is 1330. The molecule has 0 saturated carbocycles. The minimum atomic E-state index is -1.22. The Morgan fingerprint density at radius 2 is 2.00 bits per heavy atom. The Balaban J connectivity index is 1.62. The number of methoxy groups -OCH3 is 1. The van der Waals surface area contributed by atoms with Crippen molar-refractivity contribution in [3.8, 4) is 28.8 Å². The lowest BCUT2D eigenvalue weighted by Gasteiger charge is -2.34. The Hall–Kier alpha value is -3.17. The van der Waals surface area contributed by atoms with Crippen LogP contribution < -0.4 is 14.8 Å². The molecule has 0 amide bonds. The summed E-state index contributed by atoms with van der Waals surface area (Å²) in [6.45, 7) is 13.9. The number of likely N-dealkylation sites (N-methyl/N-ethyl adjacent to an activating group) is 1. The number of anilines is 1. The lowest BCUT2D eigenvalue weighted by atomic mass is 10.0. The number of rotatable bonds is 11. The van der Waals surface area contributed by atoms with Crippen molar-refractivity contribution in [1.82, 2.24) is 14.9 Å². The molecule has 0 unspecified atom stereocenters. The zero-order chi connectivity index (χ0) is 28.2. The SMILES string of the molecule is CCN1C[C@@H](O)C[C@@H](Nc2nc3nc(-c4c(C)cc(C#N)cc4OCOCC[Si](C)(C)C)cc(OC)c3o2)C1. The van der Waals surface area contributed by atoms with Crippen molar-refractivity contribution in [2.75, 3.05) is 45.5 Å². The highest BCUT2D eigenvalue weighted by molar-refractivity contribution is 6.76. The van der Waals surface area contributed by atoms with Gasteiger partial charge in [-0.15, -0.1) is 0 Å². The quantitative estimate of drug-likeness (QED) is 0.197. The summed E-state index contributed by atoms with van der Waals surface area (Å²) >= 11 is 0. The summed E-state index contributed by atoms with van der Waals surface area (Å²) < 4.78 is 23.4. The number of benzene rings is 1. The molecule has 39 heavy (non-hydrogen) atoms. The number of aromatic nitrogens is 2. The maximum atomic E-state index is 10.3. The second kappa shape index (κ2) is 12.3. The van der Waals surface area contributed by atoms with E-state index in [1.54, 1.807) is 25.3 Å². The molecule has 2 atom stereocenters. The molecule has 0 radical (unpaired) electrons. The summed E-state index contributed by atoms with van der Waals surface area (Å²) in [4.78, 5) is 11.6. The second-order valence-electron chi connectivity index (χ2n) is 11.2. The van der Waals surface area contributed by atoms with Gasteiger partial charge < -0.3 is 29.1 Å². The molecule has 1 saturated heterocycles. The lowest BCUT2D eigenvalue weighted by molar-refractivity contribution is 0.0223. The number of hydrogen-bond donors (Lipinski definition) is 2. The van der Waals surface area contributed by atoms with Gasteiger partial charge in [0.1, 0.15) is 5.75 Å². The van der Waals surface area contributed by atoms with Gasteiger partial charge in [0, 0.05) is 45.4 Å². The van der Waals surface area contributed by atoms with Crippen LogP contribution in [0.4, 0.5) is 6.01 Å². The molecule has 3 heterocycles. The third-order valence-corrected chi connectivity index (χ3v) is 8.51. The highest BCUT2D eigenvalue weighted by Crippen LogP contribution is 2.38. The number of nitriles is 1. The fourth-order valence-corrected chi connectivity index (χ4v) is 5.49. The van der Waals surface area contributed by atoms with Gasteiger partial charge in [0.05, 0.1) is 30.5 Å². The van der Waals surface area contributed by atoms with Crippen molar-refractivity contribution in [2.24, 2.45) is 0 Å². The van der Waals surface area contributed by atoms with Crippen molar-refractivity contribution in [3.05, 3.63) is 29.3 Å². The highest BCUT2D eigenvalue weighted by Gasteiger charge is 2.27. The fraction of sp³-hybridized carbons (Fsp3) is 0.536. The van der Waals surface area contributed by atoms with E-state index >= 15 is 0 Å². The summed E-state index contributed by atoms with van der Waals surface area (Å²) in [6.07, 6.45) is 0.202. The number of aliphatic hydroxyl groups is 1. The number of hydrogen-bond acceptors (Lipinski definition) is 10. The van der Waals surface area contributed by atoms with Gasteiger partial charge in [-0.2, -0.15) is 10.2 Å². The highest BCUT2D eigenvalue weighted by atomic mass is 28.3. The number of likely N-dealkylation sites (tertiary alicyclic amines) is 1. The van der Waals surface area contributed by atoms with E-state index in [0.29, 0.717) is 59.6 Å². The summed E-state index contributed by atoms with van der Waals surface area (Å²) in [5, 5.41) is 23.1. The van der Waals surface area contributed by atoms with Crippen LogP contribution >= 0.6 is 0 Å². The molecule has 210 valence electrons. The Labute approximate surface area is 230 Å².